The number of fused-ring (bicyclic) bond motifs is 1. The van der Waals surface area contributed by atoms with Crippen LogP contribution in [0.2, 0.25) is 0 Å². The van der Waals surface area contributed by atoms with Crippen LogP contribution in [0.25, 0.3) is 11.6 Å². The van der Waals surface area contributed by atoms with Crippen molar-refractivity contribution in [3.05, 3.63) is 29.8 Å². The molecule has 2 aromatic rings. The first-order chi connectivity index (χ1) is 7.75. The van der Waals surface area contributed by atoms with E-state index in [0.29, 0.717) is 18.9 Å². The van der Waals surface area contributed by atoms with Gasteiger partial charge in [-0.2, -0.15) is 5.06 Å². The summed E-state index contributed by atoms with van der Waals surface area (Å²) in [6.07, 6.45) is 3.39. The lowest BCUT2D eigenvalue weighted by atomic mass is 10.4. The normalized spacial score (nSPS) is 15.4. The van der Waals surface area contributed by atoms with Gasteiger partial charge in [-0.15, -0.1) is 0 Å². The van der Waals surface area contributed by atoms with Gasteiger partial charge < -0.3 is 9.77 Å². The lowest BCUT2D eigenvalue weighted by Crippen LogP contribution is -2.12. The summed E-state index contributed by atoms with van der Waals surface area (Å²) in [5.74, 6) is 1.36. The van der Waals surface area contributed by atoms with E-state index >= 15 is 0 Å². The van der Waals surface area contributed by atoms with Crippen LogP contribution >= 0.6 is 0 Å². The summed E-state index contributed by atoms with van der Waals surface area (Å²) in [5.41, 5.74) is 1.91. The molecule has 0 bridgehead atoms. The Morgan fingerprint density at radius 3 is 2.69 bits per heavy atom. The predicted octanol–water partition coefficient (Wildman–Crippen LogP) is 0.582. The molecule has 82 valence electrons. The van der Waals surface area contributed by atoms with Crippen molar-refractivity contribution in [3.63, 3.8) is 0 Å². The highest BCUT2D eigenvalue weighted by atomic mass is 16.5. The Bertz CT molecular complexity index is 522. The highest BCUT2D eigenvalue weighted by Crippen LogP contribution is 2.24. The van der Waals surface area contributed by atoms with Gasteiger partial charge in [-0.25, -0.2) is 15.0 Å². The first-order valence-electron chi connectivity index (χ1n) is 5.01. The van der Waals surface area contributed by atoms with Crippen molar-refractivity contribution >= 4 is 0 Å². The average molecular weight is 217 g/mol. The number of nitrogens with zero attached hydrogens (tertiary/aromatic N) is 5. The topological polar surface area (TPSA) is 67.1 Å². The third-order valence-electron chi connectivity index (χ3n) is 2.73. The fraction of sp³-hybridized carbons (Fsp3) is 0.300. The summed E-state index contributed by atoms with van der Waals surface area (Å²) in [4.78, 5) is 12.8. The highest BCUT2D eigenvalue weighted by molar-refractivity contribution is 5.46. The molecule has 0 aliphatic carbocycles. The minimum Gasteiger partial charge on any atom is -0.327 e. The van der Waals surface area contributed by atoms with Crippen LogP contribution in [0.15, 0.2) is 18.5 Å². The van der Waals surface area contributed by atoms with Crippen LogP contribution in [0.4, 0.5) is 0 Å². The zero-order chi connectivity index (χ0) is 11.1. The summed E-state index contributed by atoms with van der Waals surface area (Å²) >= 11 is 0. The van der Waals surface area contributed by atoms with Crippen LogP contribution in [0.3, 0.4) is 0 Å². The number of hydrogen-bond donors (Lipinski definition) is 1. The first kappa shape index (κ1) is 9.44. The summed E-state index contributed by atoms with van der Waals surface area (Å²) in [7, 11) is 1.91. The standard InChI is InChI=1S/C10H11N5O/c1-14-8-6-15(16)5-7(8)13-10(14)9-11-3-2-4-12-9/h2-4,16H,5-6H2,1H3. The van der Waals surface area contributed by atoms with Gasteiger partial charge >= 0.3 is 0 Å². The van der Waals surface area contributed by atoms with Gasteiger partial charge in [0.1, 0.15) is 0 Å². The number of rotatable bonds is 1. The van der Waals surface area contributed by atoms with Crippen molar-refractivity contribution in [1.82, 2.24) is 24.6 Å². The fourth-order valence-electron chi connectivity index (χ4n) is 1.93. The molecule has 0 aromatic carbocycles. The third-order valence-corrected chi connectivity index (χ3v) is 2.73. The van der Waals surface area contributed by atoms with E-state index in [1.54, 1.807) is 18.5 Å². The summed E-state index contributed by atoms with van der Waals surface area (Å²) in [5, 5.41) is 10.6. The van der Waals surface area contributed by atoms with E-state index in [-0.39, 0.29) is 0 Å². The summed E-state index contributed by atoms with van der Waals surface area (Å²) in [6.45, 7) is 0.974. The highest BCUT2D eigenvalue weighted by Gasteiger charge is 2.25. The van der Waals surface area contributed by atoms with Crippen LogP contribution in [0.5, 0.6) is 0 Å². The smallest absolute Gasteiger partial charge is 0.195 e. The van der Waals surface area contributed by atoms with E-state index in [9.17, 15) is 5.21 Å². The Morgan fingerprint density at radius 1 is 1.25 bits per heavy atom. The molecule has 6 heteroatoms. The van der Waals surface area contributed by atoms with Crippen molar-refractivity contribution in [2.75, 3.05) is 0 Å². The molecule has 6 nitrogen and oxygen atoms in total. The maximum atomic E-state index is 9.37. The average Bonchev–Trinajstić information content (AvgIpc) is 2.79. The molecule has 1 aliphatic rings. The lowest BCUT2D eigenvalue weighted by molar-refractivity contribution is -0.0984. The second kappa shape index (κ2) is 3.36. The molecule has 0 spiro atoms. The zero-order valence-electron chi connectivity index (χ0n) is 8.83. The molecular weight excluding hydrogens is 206 g/mol. The largest absolute Gasteiger partial charge is 0.327 e. The number of imidazole rings is 1. The van der Waals surface area contributed by atoms with Gasteiger partial charge in [0.2, 0.25) is 0 Å². The molecule has 0 amide bonds. The van der Waals surface area contributed by atoms with Gasteiger partial charge in [0, 0.05) is 19.4 Å². The molecule has 16 heavy (non-hydrogen) atoms. The van der Waals surface area contributed by atoms with Crippen LogP contribution < -0.4 is 0 Å². The molecule has 0 fully saturated rings. The monoisotopic (exact) mass is 217 g/mol. The molecule has 0 saturated heterocycles. The van der Waals surface area contributed by atoms with Gasteiger partial charge in [-0.3, -0.25) is 0 Å². The maximum Gasteiger partial charge on any atom is 0.195 e. The van der Waals surface area contributed by atoms with E-state index in [1.165, 1.54) is 5.06 Å². The minimum absolute atomic E-state index is 0.468. The van der Waals surface area contributed by atoms with Crippen LogP contribution in [0.1, 0.15) is 11.4 Å². The number of hydroxylamine groups is 2. The molecule has 0 atom stereocenters. The fourth-order valence-corrected chi connectivity index (χ4v) is 1.93. The van der Waals surface area contributed by atoms with Gasteiger partial charge in [0.05, 0.1) is 24.5 Å². The Hall–Kier alpha value is -1.79. The van der Waals surface area contributed by atoms with Gasteiger partial charge in [0.15, 0.2) is 11.6 Å². The molecule has 1 N–H and O–H groups in total. The Kier molecular flexibility index (Phi) is 1.98. The first-order valence-corrected chi connectivity index (χ1v) is 5.01. The Balaban J connectivity index is 2.09. The second-order valence-corrected chi connectivity index (χ2v) is 3.78. The number of hydrogen-bond acceptors (Lipinski definition) is 5. The Labute approximate surface area is 92.2 Å². The lowest BCUT2D eigenvalue weighted by Gasteiger charge is -2.06. The molecule has 0 saturated carbocycles. The predicted molar refractivity (Wildman–Crippen MR) is 55.3 cm³/mol. The van der Waals surface area contributed by atoms with Gasteiger partial charge in [-0.1, -0.05) is 0 Å². The molecule has 3 rings (SSSR count). The maximum absolute atomic E-state index is 9.37. The molecular formula is C10H11N5O. The van der Waals surface area contributed by atoms with Crippen molar-refractivity contribution in [2.24, 2.45) is 7.05 Å². The van der Waals surface area contributed by atoms with E-state index in [0.717, 1.165) is 17.2 Å². The van der Waals surface area contributed by atoms with Crippen LogP contribution in [-0.2, 0) is 20.1 Å². The summed E-state index contributed by atoms with van der Waals surface area (Å²) < 4.78 is 1.93. The van der Waals surface area contributed by atoms with Crippen molar-refractivity contribution < 1.29 is 5.21 Å². The Morgan fingerprint density at radius 2 is 2.00 bits per heavy atom. The van der Waals surface area contributed by atoms with Crippen LogP contribution in [-0.4, -0.2) is 29.8 Å². The molecule has 1 aliphatic heterocycles. The SMILES string of the molecule is Cn1c(-c2ncccn2)nc2c1CN(O)C2. The van der Waals surface area contributed by atoms with E-state index in [1.807, 2.05) is 11.6 Å². The third kappa shape index (κ3) is 1.31. The molecule has 0 radical (unpaired) electrons. The van der Waals surface area contributed by atoms with Crippen LogP contribution in [0, 0.1) is 0 Å². The van der Waals surface area contributed by atoms with Crippen molar-refractivity contribution in [3.8, 4) is 11.6 Å². The number of aromatic nitrogens is 4. The zero-order valence-corrected chi connectivity index (χ0v) is 8.83. The quantitative estimate of drug-likeness (QED) is 0.756. The molecule has 2 aromatic heterocycles. The van der Waals surface area contributed by atoms with Crippen molar-refractivity contribution in [2.45, 2.75) is 13.1 Å². The molecule has 0 unspecified atom stereocenters. The van der Waals surface area contributed by atoms with E-state index in [4.69, 9.17) is 0 Å². The van der Waals surface area contributed by atoms with Gasteiger partial charge in [0.25, 0.3) is 0 Å². The molecule has 3 heterocycles. The minimum atomic E-state index is 0.468. The second-order valence-electron chi connectivity index (χ2n) is 3.78. The van der Waals surface area contributed by atoms with Crippen molar-refractivity contribution in [1.29, 1.82) is 0 Å². The summed E-state index contributed by atoms with van der Waals surface area (Å²) in [6, 6.07) is 1.77. The van der Waals surface area contributed by atoms with E-state index in [2.05, 4.69) is 15.0 Å². The van der Waals surface area contributed by atoms with Gasteiger partial charge in [-0.05, 0) is 6.07 Å². The van der Waals surface area contributed by atoms with E-state index < -0.39 is 0 Å².